The summed E-state index contributed by atoms with van der Waals surface area (Å²) in [4.78, 5) is 16.4. The number of esters is 1. The van der Waals surface area contributed by atoms with Crippen LogP contribution >= 0.6 is 0 Å². The zero-order valence-corrected chi connectivity index (χ0v) is 18.2. The van der Waals surface area contributed by atoms with Crippen molar-refractivity contribution in [1.29, 1.82) is 5.26 Å². The number of anilines is 1. The lowest BCUT2D eigenvalue weighted by Crippen LogP contribution is -2.18. The van der Waals surface area contributed by atoms with E-state index >= 15 is 0 Å². The molecule has 0 spiro atoms. The standard InChI is InChI=1S/C23H20FN3O4S/c1-3-31-21(28)14-26-23-17(13-25)12-20(15-6-10-19(11-7-15)32(2,29)30)22(27-23)16-4-8-18(24)9-5-16/h4-12H,3,14H2,1-2H3,(H,26,27). The fourth-order valence-electron chi connectivity index (χ4n) is 3.03. The van der Waals surface area contributed by atoms with Gasteiger partial charge in [-0.15, -0.1) is 0 Å². The third-order valence-electron chi connectivity index (χ3n) is 4.56. The summed E-state index contributed by atoms with van der Waals surface area (Å²) in [7, 11) is -3.37. The highest BCUT2D eigenvalue weighted by atomic mass is 32.2. The molecule has 0 aliphatic rings. The van der Waals surface area contributed by atoms with Gasteiger partial charge in [0.05, 0.1) is 22.8 Å². The molecule has 3 aromatic rings. The van der Waals surface area contributed by atoms with Gasteiger partial charge in [0, 0.05) is 17.4 Å². The molecule has 0 aliphatic carbocycles. The molecule has 0 amide bonds. The van der Waals surface area contributed by atoms with E-state index in [-0.39, 0.29) is 29.4 Å². The van der Waals surface area contributed by atoms with Crippen LogP contribution in [0, 0.1) is 17.1 Å². The highest BCUT2D eigenvalue weighted by Gasteiger charge is 2.17. The van der Waals surface area contributed by atoms with Gasteiger partial charge >= 0.3 is 5.97 Å². The Balaban J connectivity index is 2.13. The number of sulfone groups is 1. The van der Waals surface area contributed by atoms with Gasteiger partial charge < -0.3 is 10.1 Å². The Labute approximate surface area is 185 Å². The van der Waals surface area contributed by atoms with E-state index in [2.05, 4.69) is 16.4 Å². The fraction of sp³-hybridized carbons (Fsp3) is 0.174. The second-order valence-electron chi connectivity index (χ2n) is 6.85. The number of hydrogen-bond donors (Lipinski definition) is 1. The number of aromatic nitrogens is 1. The van der Waals surface area contributed by atoms with Crippen molar-refractivity contribution >= 4 is 21.6 Å². The summed E-state index contributed by atoms with van der Waals surface area (Å²) in [5.41, 5.74) is 2.37. The SMILES string of the molecule is CCOC(=O)CNc1nc(-c2ccc(F)cc2)c(-c2ccc(S(C)(=O)=O)cc2)cc1C#N. The number of carbonyl (C=O) groups excluding carboxylic acids is 1. The number of benzene rings is 2. The Hall–Kier alpha value is -3.77. The van der Waals surface area contributed by atoms with Crippen LogP contribution in [-0.2, 0) is 19.4 Å². The predicted octanol–water partition coefficient (Wildman–Crippen LogP) is 3.80. The zero-order chi connectivity index (χ0) is 23.3. The van der Waals surface area contributed by atoms with Gasteiger partial charge in [0.2, 0.25) is 0 Å². The van der Waals surface area contributed by atoms with Gasteiger partial charge in [0.15, 0.2) is 9.84 Å². The maximum Gasteiger partial charge on any atom is 0.325 e. The van der Waals surface area contributed by atoms with Crippen LogP contribution in [0.15, 0.2) is 59.5 Å². The van der Waals surface area contributed by atoms with Crippen molar-refractivity contribution in [3.05, 3.63) is 66.0 Å². The number of carbonyl (C=O) groups is 1. The summed E-state index contributed by atoms with van der Waals surface area (Å²) in [5, 5.41) is 12.4. The Bertz CT molecular complexity index is 1280. The summed E-state index contributed by atoms with van der Waals surface area (Å²) >= 11 is 0. The van der Waals surface area contributed by atoms with Crippen LogP contribution in [0.5, 0.6) is 0 Å². The Morgan fingerprint density at radius 2 is 1.75 bits per heavy atom. The largest absolute Gasteiger partial charge is 0.465 e. The first-order valence-corrected chi connectivity index (χ1v) is 11.5. The molecule has 2 aromatic carbocycles. The molecule has 0 radical (unpaired) electrons. The van der Waals surface area contributed by atoms with E-state index in [4.69, 9.17) is 4.74 Å². The van der Waals surface area contributed by atoms with Crippen LogP contribution < -0.4 is 5.32 Å². The van der Waals surface area contributed by atoms with Crippen molar-refractivity contribution < 1.29 is 22.3 Å². The predicted molar refractivity (Wildman–Crippen MR) is 118 cm³/mol. The van der Waals surface area contributed by atoms with Gasteiger partial charge in [-0.3, -0.25) is 4.79 Å². The van der Waals surface area contributed by atoms with Crippen molar-refractivity contribution in [2.75, 3.05) is 24.7 Å². The van der Waals surface area contributed by atoms with Crippen LogP contribution in [-0.4, -0.2) is 38.8 Å². The lowest BCUT2D eigenvalue weighted by Gasteiger charge is -2.15. The number of ether oxygens (including phenoxy) is 1. The Morgan fingerprint density at radius 3 is 2.31 bits per heavy atom. The van der Waals surface area contributed by atoms with E-state index in [1.807, 2.05) is 0 Å². The van der Waals surface area contributed by atoms with Crippen molar-refractivity contribution in [1.82, 2.24) is 4.98 Å². The first-order chi connectivity index (χ1) is 15.2. The lowest BCUT2D eigenvalue weighted by atomic mass is 9.97. The molecule has 0 aliphatic heterocycles. The maximum atomic E-state index is 13.5. The van der Waals surface area contributed by atoms with Crippen molar-refractivity contribution in [3.63, 3.8) is 0 Å². The van der Waals surface area contributed by atoms with E-state index < -0.39 is 21.6 Å². The van der Waals surface area contributed by atoms with E-state index in [0.29, 0.717) is 22.4 Å². The molecule has 0 bridgehead atoms. The average Bonchev–Trinajstić information content (AvgIpc) is 2.77. The van der Waals surface area contributed by atoms with Gasteiger partial charge in [-0.1, -0.05) is 12.1 Å². The van der Waals surface area contributed by atoms with Crippen LogP contribution in [0.2, 0.25) is 0 Å². The molecule has 0 saturated heterocycles. The van der Waals surface area contributed by atoms with Crippen molar-refractivity contribution in [2.45, 2.75) is 11.8 Å². The molecule has 3 rings (SSSR count). The minimum Gasteiger partial charge on any atom is -0.465 e. The molecular formula is C23H20FN3O4S. The monoisotopic (exact) mass is 453 g/mol. The van der Waals surface area contributed by atoms with Gasteiger partial charge in [-0.05, 0) is 55.0 Å². The van der Waals surface area contributed by atoms with Gasteiger partial charge in [0.1, 0.15) is 24.2 Å². The van der Waals surface area contributed by atoms with E-state index in [1.54, 1.807) is 37.3 Å². The summed E-state index contributed by atoms with van der Waals surface area (Å²) in [6.45, 7) is 1.73. The zero-order valence-electron chi connectivity index (χ0n) is 17.4. The molecule has 9 heteroatoms. The fourth-order valence-corrected chi connectivity index (χ4v) is 3.66. The second kappa shape index (κ2) is 9.58. The molecule has 1 heterocycles. The molecule has 1 N–H and O–H groups in total. The lowest BCUT2D eigenvalue weighted by molar-refractivity contribution is -0.140. The normalized spacial score (nSPS) is 10.9. The number of nitrogens with one attached hydrogen (secondary N) is 1. The molecule has 0 unspecified atom stereocenters. The number of nitrogens with zero attached hydrogens (tertiary/aromatic N) is 2. The minimum absolute atomic E-state index is 0.158. The summed E-state index contributed by atoms with van der Waals surface area (Å²) in [6, 6.07) is 15.5. The molecule has 0 saturated carbocycles. The Kier molecular flexibility index (Phi) is 6.85. The van der Waals surface area contributed by atoms with Crippen molar-refractivity contribution in [2.24, 2.45) is 0 Å². The Morgan fingerprint density at radius 1 is 1.12 bits per heavy atom. The molecule has 1 aromatic heterocycles. The van der Waals surface area contributed by atoms with E-state index in [1.165, 1.54) is 24.3 Å². The summed E-state index contributed by atoms with van der Waals surface area (Å²) in [6.07, 6.45) is 1.12. The van der Waals surface area contributed by atoms with E-state index in [9.17, 15) is 22.9 Å². The topological polar surface area (TPSA) is 109 Å². The number of rotatable bonds is 7. The van der Waals surface area contributed by atoms with Gasteiger partial charge in [0.25, 0.3) is 0 Å². The quantitative estimate of drug-likeness (QED) is 0.542. The molecule has 164 valence electrons. The summed E-state index contributed by atoms with van der Waals surface area (Å²) < 4.78 is 41.9. The highest BCUT2D eigenvalue weighted by Crippen LogP contribution is 2.34. The smallest absolute Gasteiger partial charge is 0.325 e. The minimum atomic E-state index is -3.37. The van der Waals surface area contributed by atoms with Gasteiger partial charge in [-0.2, -0.15) is 5.26 Å². The second-order valence-corrected chi connectivity index (χ2v) is 8.87. The first kappa shape index (κ1) is 22.9. The number of halogens is 1. The molecule has 0 fully saturated rings. The number of pyridine rings is 1. The molecule has 7 nitrogen and oxygen atoms in total. The van der Waals surface area contributed by atoms with Crippen LogP contribution in [0.4, 0.5) is 10.2 Å². The molecular weight excluding hydrogens is 433 g/mol. The third kappa shape index (κ3) is 5.28. The third-order valence-corrected chi connectivity index (χ3v) is 5.69. The number of nitriles is 1. The van der Waals surface area contributed by atoms with Crippen LogP contribution in [0.1, 0.15) is 12.5 Å². The van der Waals surface area contributed by atoms with Crippen molar-refractivity contribution in [3.8, 4) is 28.5 Å². The number of hydrogen-bond acceptors (Lipinski definition) is 7. The average molecular weight is 453 g/mol. The first-order valence-electron chi connectivity index (χ1n) is 9.64. The maximum absolute atomic E-state index is 13.5. The molecule has 0 atom stereocenters. The summed E-state index contributed by atoms with van der Waals surface area (Å²) in [5.74, 6) is -0.736. The van der Waals surface area contributed by atoms with E-state index in [0.717, 1.165) is 6.26 Å². The van der Waals surface area contributed by atoms with Crippen LogP contribution in [0.25, 0.3) is 22.4 Å². The van der Waals surface area contributed by atoms with Gasteiger partial charge in [-0.25, -0.2) is 17.8 Å². The highest BCUT2D eigenvalue weighted by molar-refractivity contribution is 7.90. The van der Waals surface area contributed by atoms with Crippen LogP contribution in [0.3, 0.4) is 0 Å². The molecule has 32 heavy (non-hydrogen) atoms.